The molecule has 2 atom stereocenters. The molecule has 2 aromatic carbocycles. The highest BCUT2D eigenvalue weighted by molar-refractivity contribution is 5.52. The zero-order valence-corrected chi connectivity index (χ0v) is 12.2. The van der Waals surface area contributed by atoms with Gasteiger partial charge in [0, 0.05) is 17.9 Å². The van der Waals surface area contributed by atoms with Crippen molar-refractivity contribution in [3.63, 3.8) is 0 Å². The maximum absolute atomic E-state index is 5.70. The average molecular weight is 266 g/mol. The third-order valence-corrected chi connectivity index (χ3v) is 4.51. The molecule has 3 rings (SSSR count). The molecule has 1 aliphatic carbocycles. The van der Waals surface area contributed by atoms with E-state index in [0.29, 0.717) is 5.92 Å². The number of nitrogen functional groups attached to an aromatic ring is 1. The van der Waals surface area contributed by atoms with Crippen molar-refractivity contribution in [1.82, 2.24) is 0 Å². The Morgan fingerprint density at radius 1 is 1.10 bits per heavy atom. The maximum Gasteiger partial charge on any atom is 0.0400 e. The first kappa shape index (κ1) is 13.0. The fraction of sp³-hybridized carbons (Fsp3) is 0.333. The normalized spacial score (nSPS) is 20.7. The van der Waals surface area contributed by atoms with E-state index in [-0.39, 0.29) is 0 Å². The number of nitrogens with one attached hydrogen (secondary N) is 1. The summed E-state index contributed by atoms with van der Waals surface area (Å²) < 4.78 is 0. The first-order valence-electron chi connectivity index (χ1n) is 7.34. The van der Waals surface area contributed by atoms with E-state index in [0.717, 1.165) is 18.2 Å². The fourth-order valence-electron chi connectivity index (χ4n) is 3.01. The van der Waals surface area contributed by atoms with Crippen LogP contribution in [-0.4, -0.2) is 0 Å². The molecule has 0 saturated carbocycles. The van der Waals surface area contributed by atoms with Crippen LogP contribution < -0.4 is 11.1 Å². The Hall–Kier alpha value is -1.96. The monoisotopic (exact) mass is 266 g/mol. The zero-order chi connectivity index (χ0) is 14.1. The molecule has 0 amide bonds. The molecule has 20 heavy (non-hydrogen) atoms. The van der Waals surface area contributed by atoms with Crippen molar-refractivity contribution in [2.75, 3.05) is 11.1 Å². The van der Waals surface area contributed by atoms with Gasteiger partial charge in [-0.05, 0) is 59.2 Å². The summed E-state index contributed by atoms with van der Waals surface area (Å²) in [6, 6.07) is 14.8. The van der Waals surface area contributed by atoms with Gasteiger partial charge in [-0.1, -0.05) is 32.0 Å². The van der Waals surface area contributed by atoms with Gasteiger partial charge < -0.3 is 11.1 Å². The van der Waals surface area contributed by atoms with E-state index in [2.05, 4.69) is 49.5 Å². The molecule has 0 aromatic heterocycles. The third-order valence-electron chi connectivity index (χ3n) is 4.51. The molecule has 2 nitrogen and oxygen atoms in total. The van der Waals surface area contributed by atoms with E-state index in [4.69, 9.17) is 5.73 Å². The van der Waals surface area contributed by atoms with Crippen LogP contribution in [0.2, 0.25) is 0 Å². The standard InChI is InChI=1S/C18H22N2/c1-12-9-15-10-17(7-8-18(15)13(12)2)20-11-14-3-5-16(19)6-4-14/h3-8,10,12-13,20H,9,11,19H2,1-2H3. The molecule has 0 aliphatic heterocycles. The second-order valence-electron chi connectivity index (χ2n) is 5.98. The summed E-state index contributed by atoms with van der Waals surface area (Å²) in [6.07, 6.45) is 1.20. The van der Waals surface area contributed by atoms with Gasteiger partial charge in [0.15, 0.2) is 0 Å². The lowest BCUT2D eigenvalue weighted by molar-refractivity contribution is 0.532. The van der Waals surface area contributed by atoms with Crippen molar-refractivity contribution < 1.29 is 0 Å². The molecule has 1 aliphatic rings. The number of fused-ring (bicyclic) bond motifs is 1. The van der Waals surface area contributed by atoms with Gasteiger partial charge >= 0.3 is 0 Å². The van der Waals surface area contributed by atoms with E-state index in [9.17, 15) is 0 Å². The Labute approximate surface area is 121 Å². The number of hydrogen-bond acceptors (Lipinski definition) is 2. The zero-order valence-electron chi connectivity index (χ0n) is 12.2. The van der Waals surface area contributed by atoms with E-state index in [1.54, 1.807) is 0 Å². The minimum absolute atomic E-state index is 0.691. The van der Waals surface area contributed by atoms with Crippen molar-refractivity contribution in [2.24, 2.45) is 5.92 Å². The van der Waals surface area contributed by atoms with Gasteiger partial charge in [0.25, 0.3) is 0 Å². The number of hydrogen-bond donors (Lipinski definition) is 2. The highest BCUT2D eigenvalue weighted by Crippen LogP contribution is 2.38. The van der Waals surface area contributed by atoms with Crippen LogP contribution in [0.5, 0.6) is 0 Å². The van der Waals surface area contributed by atoms with E-state index >= 15 is 0 Å². The smallest absolute Gasteiger partial charge is 0.0400 e. The Morgan fingerprint density at radius 3 is 2.60 bits per heavy atom. The molecule has 2 unspecified atom stereocenters. The summed E-state index contributed by atoms with van der Waals surface area (Å²) in [5, 5.41) is 3.50. The molecule has 104 valence electrons. The highest BCUT2D eigenvalue weighted by atomic mass is 14.9. The van der Waals surface area contributed by atoms with Gasteiger partial charge in [-0.3, -0.25) is 0 Å². The van der Waals surface area contributed by atoms with Crippen molar-refractivity contribution in [2.45, 2.75) is 32.7 Å². The second-order valence-corrected chi connectivity index (χ2v) is 5.98. The molecule has 0 heterocycles. The van der Waals surface area contributed by atoms with Gasteiger partial charge in [0.05, 0.1) is 0 Å². The van der Waals surface area contributed by atoms with Crippen LogP contribution in [0.25, 0.3) is 0 Å². The predicted octanol–water partition coefficient (Wildman–Crippen LogP) is 4.18. The average Bonchev–Trinajstić information content (AvgIpc) is 2.73. The summed E-state index contributed by atoms with van der Waals surface area (Å²) in [7, 11) is 0. The maximum atomic E-state index is 5.70. The van der Waals surface area contributed by atoms with E-state index < -0.39 is 0 Å². The summed E-state index contributed by atoms with van der Waals surface area (Å²) in [6.45, 7) is 5.51. The highest BCUT2D eigenvalue weighted by Gasteiger charge is 2.25. The first-order valence-corrected chi connectivity index (χ1v) is 7.34. The molecule has 3 N–H and O–H groups in total. The fourth-order valence-corrected chi connectivity index (χ4v) is 3.01. The van der Waals surface area contributed by atoms with Gasteiger partial charge in [-0.15, -0.1) is 0 Å². The van der Waals surface area contributed by atoms with Crippen LogP contribution in [0.4, 0.5) is 11.4 Å². The molecule has 0 radical (unpaired) electrons. The molecule has 0 bridgehead atoms. The molecular formula is C18H22N2. The second kappa shape index (κ2) is 5.20. The Bertz CT molecular complexity index is 601. The molecular weight excluding hydrogens is 244 g/mol. The quantitative estimate of drug-likeness (QED) is 0.818. The largest absolute Gasteiger partial charge is 0.399 e. The minimum Gasteiger partial charge on any atom is -0.399 e. The van der Waals surface area contributed by atoms with Gasteiger partial charge in [-0.25, -0.2) is 0 Å². The van der Waals surface area contributed by atoms with Gasteiger partial charge in [-0.2, -0.15) is 0 Å². The van der Waals surface area contributed by atoms with Crippen LogP contribution in [0.1, 0.15) is 36.5 Å². The lowest BCUT2D eigenvalue weighted by Crippen LogP contribution is -2.00. The van der Waals surface area contributed by atoms with Crippen LogP contribution in [0, 0.1) is 5.92 Å². The Morgan fingerprint density at radius 2 is 1.85 bits per heavy atom. The van der Waals surface area contributed by atoms with E-state index in [1.165, 1.54) is 28.8 Å². The molecule has 2 heteroatoms. The lowest BCUT2D eigenvalue weighted by Gasteiger charge is -2.11. The first-order chi connectivity index (χ1) is 9.63. The summed E-state index contributed by atoms with van der Waals surface area (Å²) >= 11 is 0. The number of rotatable bonds is 3. The Balaban J connectivity index is 1.70. The SMILES string of the molecule is CC1Cc2cc(NCc3ccc(N)cc3)ccc2C1C. The van der Waals surface area contributed by atoms with Crippen LogP contribution in [-0.2, 0) is 13.0 Å². The van der Waals surface area contributed by atoms with Crippen molar-refractivity contribution in [1.29, 1.82) is 0 Å². The summed E-state index contributed by atoms with van der Waals surface area (Å²) in [5.74, 6) is 1.45. The van der Waals surface area contributed by atoms with Crippen molar-refractivity contribution in [3.05, 3.63) is 59.2 Å². The molecule has 0 saturated heterocycles. The van der Waals surface area contributed by atoms with E-state index in [1.807, 2.05) is 12.1 Å². The molecule has 2 aromatic rings. The van der Waals surface area contributed by atoms with Crippen LogP contribution >= 0.6 is 0 Å². The van der Waals surface area contributed by atoms with Gasteiger partial charge in [0.1, 0.15) is 0 Å². The topological polar surface area (TPSA) is 38.0 Å². The van der Waals surface area contributed by atoms with Crippen molar-refractivity contribution >= 4 is 11.4 Å². The number of anilines is 2. The number of benzene rings is 2. The summed E-state index contributed by atoms with van der Waals surface area (Å²) in [4.78, 5) is 0. The predicted molar refractivity (Wildman–Crippen MR) is 85.9 cm³/mol. The molecule has 0 fully saturated rings. The minimum atomic E-state index is 0.691. The third kappa shape index (κ3) is 2.51. The van der Waals surface area contributed by atoms with Crippen LogP contribution in [0.15, 0.2) is 42.5 Å². The number of nitrogens with two attached hydrogens (primary N) is 1. The van der Waals surface area contributed by atoms with Gasteiger partial charge in [0.2, 0.25) is 0 Å². The lowest BCUT2D eigenvalue weighted by atomic mass is 9.97. The summed E-state index contributed by atoms with van der Waals surface area (Å²) in [5.41, 5.74) is 12.0. The van der Waals surface area contributed by atoms with Crippen LogP contribution in [0.3, 0.4) is 0 Å². The molecule has 0 spiro atoms. The Kier molecular flexibility index (Phi) is 3.39. The van der Waals surface area contributed by atoms with Crippen molar-refractivity contribution in [3.8, 4) is 0 Å².